The smallest absolute Gasteiger partial charge is 0.338 e. The van der Waals surface area contributed by atoms with Gasteiger partial charge in [0.2, 0.25) is 0 Å². The Kier molecular flexibility index (Phi) is 5.75. The van der Waals surface area contributed by atoms with Crippen LogP contribution in [0.3, 0.4) is 0 Å². The van der Waals surface area contributed by atoms with E-state index in [-0.39, 0.29) is 17.9 Å². The summed E-state index contributed by atoms with van der Waals surface area (Å²) in [4.78, 5) is 29.2. The minimum absolute atomic E-state index is 0.105. The topological polar surface area (TPSA) is 94.8 Å². The van der Waals surface area contributed by atoms with Crippen LogP contribution in [0.1, 0.15) is 16.1 Å². The van der Waals surface area contributed by atoms with Gasteiger partial charge in [0, 0.05) is 37.5 Å². The number of nitro benzene ring substituents is 1. The average Bonchev–Trinajstić information content (AvgIpc) is 2.69. The van der Waals surface area contributed by atoms with Gasteiger partial charge in [-0.2, -0.15) is 0 Å². The van der Waals surface area contributed by atoms with Gasteiger partial charge >= 0.3 is 5.97 Å². The van der Waals surface area contributed by atoms with E-state index in [4.69, 9.17) is 9.47 Å². The molecule has 2 heterocycles. The summed E-state index contributed by atoms with van der Waals surface area (Å²) < 4.78 is 10.5. The molecule has 0 unspecified atom stereocenters. The third-order valence-electron chi connectivity index (χ3n) is 4.08. The van der Waals surface area contributed by atoms with Crippen molar-refractivity contribution in [3.63, 3.8) is 0 Å². The van der Waals surface area contributed by atoms with E-state index in [1.165, 1.54) is 6.07 Å². The first kappa shape index (κ1) is 17.8. The molecule has 0 N–H and O–H groups in total. The lowest BCUT2D eigenvalue weighted by Gasteiger charge is -2.28. The summed E-state index contributed by atoms with van der Waals surface area (Å²) in [7, 11) is 0. The fraction of sp³-hybridized carbons (Fsp3) is 0.333. The molecule has 1 aliphatic rings. The number of ether oxygens (including phenoxy) is 2. The summed E-state index contributed by atoms with van der Waals surface area (Å²) in [6, 6.07) is 9.94. The van der Waals surface area contributed by atoms with Crippen LogP contribution in [-0.4, -0.2) is 48.8 Å². The predicted molar refractivity (Wildman–Crippen MR) is 94.4 cm³/mol. The molecule has 8 heteroatoms. The molecular weight excluding hydrogens is 338 g/mol. The van der Waals surface area contributed by atoms with Gasteiger partial charge in [0.1, 0.15) is 5.69 Å². The molecule has 0 atom stereocenters. The summed E-state index contributed by atoms with van der Waals surface area (Å²) >= 11 is 0. The van der Waals surface area contributed by atoms with Crippen molar-refractivity contribution in [2.45, 2.75) is 6.42 Å². The Morgan fingerprint density at radius 1 is 1.27 bits per heavy atom. The summed E-state index contributed by atoms with van der Waals surface area (Å²) in [5.41, 5.74) is 1.36. The van der Waals surface area contributed by atoms with Crippen LogP contribution in [0.2, 0.25) is 0 Å². The number of esters is 1. The molecule has 0 bridgehead atoms. The number of nitro groups is 1. The quantitative estimate of drug-likeness (QED) is 0.444. The summed E-state index contributed by atoms with van der Waals surface area (Å²) in [6.07, 6.45) is 2.16. The molecule has 26 heavy (non-hydrogen) atoms. The third-order valence-corrected chi connectivity index (χ3v) is 4.08. The standard InChI is InChI=1S/C18H19N3O5/c22-18(26-10-6-15-3-1-2-7-19-15)14-4-5-16(17(13-14)21(23)24)20-8-11-25-12-9-20/h1-5,7,13H,6,8-12H2. The van der Waals surface area contributed by atoms with Crippen LogP contribution in [0.25, 0.3) is 0 Å². The van der Waals surface area contributed by atoms with E-state index in [1.807, 2.05) is 23.1 Å². The fourth-order valence-electron chi connectivity index (χ4n) is 2.75. The third kappa shape index (κ3) is 4.34. The number of hydrogen-bond donors (Lipinski definition) is 0. The van der Waals surface area contributed by atoms with Crippen molar-refractivity contribution in [2.75, 3.05) is 37.8 Å². The van der Waals surface area contributed by atoms with E-state index in [2.05, 4.69) is 4.98 Å². The molecule has 0 radical (unpaired) electrons. The Labute approximate surface area is 150 Å². The maximum atomic E-state index is 12.2. The number of rotatable bonds is 6. The van der Waals surface area contributed by atoms with Crippen LogP contribution in [0.5, 0.6) is 0 Å². The maximum Gasteiger partial charge on any atom is 0.338 e. The Bertz CT molecular complexity index is 776. The molecule has 1 aromatic heterocycles. The Morgan fingerprint density at radius 2 is 2.08 bits per heavy atom. The van der Waals surface area contributed by atoms with Crippen molar-refractivity contribution in [3.8, 4) is 0 Å². The number of morpholine rings is 1. The second-order valence-corrected chi connectivity index (χ2v) is 5.77. The molecule has 136 valence electrons. The average molecular weight is 357 g/mol. The Morgan fingerprint density at radius 3 is 2.77 bits per heavy atom. The maximum absolute atomic E-state index is 12.2. The number of aromatic nitrogens is 1. The number of hydrogen-bond acceptors (Lipinski definition) is 7. The molecule has 1 fully saturated rings. The van der Waals surface area contributed by atoms with Gasteiger partial charge in [-0.1, -0.05) is 6.07 Å². The zero-order chi connectivity index (χ0) is 18.4. The molecule has 0 amide bonds. The van der Waals surface area contributed by atoms with Crippen molar-refractivity contribution in [3.05, 3.63) is 64.0 Å². The Hall–Kier alpha value is -3.00. The highest BCUT2D eigenvalue weighted by Crippen LogP contribution is 2.30. The van der Waals surface area contributed by atoms with Gasteiger partial charge in [0.05, 0.1) is 30.3 Å². The van der Waals surface area contributed by atoms with E-state index in [1.54, 1.807) is 18.3 Å². The van der Waals surface area contributed by atoms with Gasteiger partial charge in [-0.15, -0.1) is 0 Å². The molecule has 3 rings (SSSR count). The molecule has 1 aromatic carbocycles. The summed E-state index contributed by atoms with van der Waals surface area (Å²) in [5, 5.41) is 11.4. The van der Waals surface area contributed by atoms with Crippen molar-refractivity contribution in [1.29, 1.82) is 0 Å². The minimum Gasteiger partial charge on any atom is -0.462 e. The van der Waals surface area contributed by atoms with E-state index < -0.39 is 10.9 Å². The lowest BCUT2D eigenvalue weighted by molar-refractivity contribution is -0.384. The van der Waals surface area contributed by atoms with Crippen LogP contribution in [0, 0.1) is 10.1 Å². The number of benzene rings is 1. The normalized spacial score (nSPS) is 14.1. The molecule has 1 saturated heterocycles. The summed E-state index contributed by atoms with van der Waals surface area (Å²) in [6.45, 7) is 2.36. The second kappa shape index (κ2) is 8.39. The van der Waals surface area contributed by atoms with Gasteiger partial charge in [0.15, 0.2) is 0 Å². The number of carbonyl (C=O) groups excluding carboxylic acids is 1. The Balaban J connectivity index is 1.68. The van der Waals surface area contributed by atoms with Gasteiger partial charge in [-0.3, -0.25) is 15.1 Å². The largest absolute Gasteiger partial charge is 0.462 e. The number of carbonyl (C=O) groups is 1. The molecule has 0 aliphatic carbocycles. The van der Waals surface area contributed by atoms with Gasteiger partial charge in [-0.05, 0) is 24.3 Å². The van der Waals surface area contributed by atoms with Crippen molar-refractivity contribution in [2.24, 2.45) is 0 Å². The van der Waals surface area contributed by atoms with Crippen molar-refractivity contribution >= 4 is 17.3 Å². The van der Waals surface area contributed by atoms with Gasteiger partial charge < -0.3 is 14.4 Å². The second-order valence-electron chi connectivity index (χ2n) is 5.77. The molecular formula is C18H19N3O5. The van der Waals surface area contributed by atoms with E-state index in [9.17, 15) is 14.9 Å². The van der Waals surface area contributed by atoms with Crippen molar-refractivity contribution < 1.29 is 19.2 Å². The first-order valence-corrected chi connectivity index (χ1v) is 8.33. The number of pyridine rings is 1. The predicted octanol–water partition coefficient (Wildman–Crippen LogP) is 2.23. The molecule has 2 aromatic rings. The number of anilines is 1. The number of nitrogens with zero attached hydrogens (tertiary/aromatic N) is 3. The molecule has 0 saturated carbocycles. The van der Waals surface area contributed by atoms with Crippen LogP contribution in [0.15, 0.2) is 42.6 Å². The SMILES string of the molecule is O=C(OCCc1ccccn1)c1ccc(N2CCOCC2)c([N+](=O)[O-])c1. The zero-order valence-corrected chi connectivity index (χ0v) is 14.2. The lowest BCUT2D eigenvalue weighted by Crippen LogP contribution is -2.36. The minimum atomic E-state index is -0.586. The van der Waals surface area contributed by atoms with Crippen LogP contribution < -0.4 is 4.90 Å². The fourth-order valence-corrected chi connectivity index (χ4v) is 2.75. The highest BCUT2D eigenvalue weighted by Gasteiger charge is 2.23. The summed E-state index contributed by atoms with van der Waals surface area (Å²) in [5.74, 6) is -0.586. The van der Waals surface area contributed by atoms with Crippen molar-refractivity contribution in [1.82, 2.24) is 4.98 Å². The highest BCUT2D eigenvalue weighted by atomic mass is 16.6. The van der Waals surface area contributed by atoms with Crippen LogP contribution in [0.4, 0.5) is 11.4 Å². The van der Waals surface area contributed by atoms with E-state index >= 15 is 0 Å². The lowest BCUT2D eigenvalue weighted by atomic mass is 10.1. The van der Waals surface area contributed by atoms with Gasteiger partial charge in [-0.25, -0.2) is 4.79 Å². The molecule has 1 aliphatic heterocycles. The monoisotopic (exact) mass is 357 g/mol. The molecule has 8 nitrogen and oxygen atoms in total. The first-order valence-electron chi connectivity index (χ1n) is 8.33. The molecule has 0 spiro atoms. The first-order chi connectivity index (χ1) is 12.6. The van der Waals surface area contributed by atoms with Crippen LogP contribution in [-0.2, 0) is 15.9 Å². The van der Waals surface area contributed by atoms with Gasteiger partial charge in [0.25, 0.3) is 5.69 Å². The highest BCUT2D eigenvalue weighted by molar-refractivity contribution is 5.91. The van der Waals surface area contributed by atoms with E-state index in [0.717, 1.165) is 5.69 Å². The van der Waals surface area contributed by atoms with Crippen LogP contribution >= 0.6 is 0 Å². The van der Waals surface area contributed by atoms with E-state index in [0.29, 0.717) is 38.4 Å². The zero-order valence-electron chi connectivity index (χ0n) is 14.2.